The third kappa shape index (κ3) is 12.2. The quantitative estimate of drug-likeness (QED) is 0.120. The van der Waals surface area contributed by atoms with Crippen molar-refractivity contribution in [3.05, 3.63) is 118 Å². The van der Waals surface area contributed by atoms with Crippen molar-refractivity contribution in [2.75, 3.05) is 26.4 Å². The van der Waals surface area contributed by atoms with Gasteiger partial charge in [-0.3, -0.25) is 0 Å². The fourth-order valence-electron chi connectivity index (χ4n) is 4.00. The summed E-state index contributed by atoms with van der Waals surface area (Å²) in [4.78, 5) is 12.9. The first-order chi connectivity index (χ1) is 22.0. The third-order valence-corrected chi connectivity index (χ3v) is 6.50. The van der Waals surface area contributed by atoms with Crippen LogP contribution in [0, 0.1) is 5.41 Å². The van der Waals surface area contributed by atoms with Crippen LogP contribution in [0.1, 0.15) is 25.7 Å². The van der Waals surface area contributed by atoms with Crippen molar-refractivity contribution in [3.63, 3.8) is 0 Å². The molecule has 0 N–H and O–H groups in total. The average Bonchev–Trinajstić information content (AvgIpc) is 3.07. The molecule has 0 spiro atoms. The van der Waals surface area contributed by atoms with Gasteiger partial charge in [0, 0.05) is 24.3 Å². The lowest BCUT2D eigenvalue weighted by Crippen LogP contribution is -2.41. The lowest BCUT2D eigenvalue weighted by Gasteiger charge is -2.34. The zero-order valence-corrected chi connectivity index (χ0v) is 24.4. The summed E-state index contributed by atoms with van der Waals surface area (Å²) in [5, 5.41) is 0. The van der Waals surface area contributed by atoms with Crippen molar-refractivity contribution in [3.8, 4) is 0 Å². The molecule has 0 aromatic rings. The highest BCUT2D eigenvalue weighted by Crippen LogP contribution is 2.28. The molecule has 0 saturated heterocycles. The summed E-state index contributed by atoms with van der Waals surface area (Å²) in [6.45, 7) is 0.594. The lowest BCUT2D eigenvalue weighted by atomic mass is 9.91. The highest BCUT2D eigenvalue weighted by atomic mass is 19.5. The molecule has 240 valence electrons. The molecule has 0 aliphatic heterocycles. The number of ether oxygens (including phenoxy) is 4. The Kier molecular flexibility index (Phi) is 12.9. The molecule has 0 atom stereocenters. The monoisotopic (exact) mass is 639 g/mol. The molecule has 0 fully saturated rings. The van der Waals surface area contributed by atoms with Gasteiger partial charge in [0.2, 0.25) is 0 Å². The molecule has 0 unspecified atom stereocenters. The summed E-state index contributed by atoms with van der Waals surface area (Å²) in [5.74, 6) is 2.40. The van der Waals surface area contributed by atoms with E-state index in [-0.39, 0.29) is 26.4 Å². The predicted octanol–water partition coefficient (Wildman–Crippen LogP) is 5.40. The van der Waals surface area contributed by atoms with Crippen LogP contribution >= 0.6 is 0 Å². The largest absolute Gasteiger partial charge is 0.673 e. The summed E-state index contributed by atoms with van der Waals surface area (Å²) >= 11 is 0. The minimum Gasteiger partial charge on any atom is -0.493 e. The number of hydrogen-bond acceptors (Lipinski definition) is 4. The molecule has 0 radical (unpaired) electrons. The molecule has 4 aliphatic carbocycles. The van der Waals surface area contributed by atoms with Gasteiger partial charge in [-0.05, 0) is 48.6 Å². The van der Waals surface area contributed by atoms with E-state index in [1.54, 1.807) is 48.6 Å². The van der Waals surface area contributed by atoms with E-state index in [0.717, 1.165) is 0 Å². The Bertz CT molecular complexity index is 1400. The number of hydrogen-bond donors (Lipinski definition) is 0. The number of halogens is 4. The molecule has 0 bridgehead atoms. The first kappa shape index (κ1) is 34.9. The van der Waals surface area contributed by atoms with Gasteiger partial charge in [0.1, 0.15) is 54.9 Å². The SMILES string of the molecule is F[B-](F)(F)F.[N-]=[N+]=C1C=CC(OCC(COC2=CCC(=[N+]=[N-])C=C2)(COC2=CCC(=[N+]=[N-])C=C2)COC2=CCC(=[N+]=[N-])C=C2)=CC1. The second-order valence-electron chi connectivity index (χ2n) is 10.1. The van der Waals surface area contributed by atoms with Crippen molar-refractivity contribution in [2.45, 2.75) is 25.7 Å². The molecular weight excluding hydrogens is 611 g/mol. The topological polar surface area (TPSA) is 183 Å². The van der Waals surface area contributed by atoms with E-state index in [0.29, 0.717) is 71.6 Å². The van der Waals surface area contributed by atoms with Crippen LogP contribution in [0.4, 0.5) is 17.3 Å². The van der Waals surface area contributed by atoms with E-state index < -0.39 is 12.7 Å². The minimum atomic E-state index is -6.00. The van der Waals surface area contributed by atoms with Crippen molar-refractivity contribution in [1.29, 1.82) is 0 Å². The zero-order chi connectivity index (χ0) is 33.4. The van der Waals surface area contributed by atoms with Crippen LogP contribution in [0.2, 0.25) is 0 Å². The highest BCUT2D eigenvalue weighted by molar-refractivity contribution is 6.50. The molecule has 0 amide bonds. The predicted molar refractivity (Wildman–Crippen MR) is 158 cm³/mol. The Morgan fingerprint density at radius 2 is 0.696 bits per heavy atom. The van der Waals surface area contributed by atoms with E-state index >= 15 is 0 Å². The van der Waals surface area contributed by atoms with Crippen LogP contribution in [-0.4, -0.2) is 75.7 Å². The van der Waals surface area contributed by atoms with Gasteiger partial charge >= 0.3 is 7.25 Å². The van der Waals surface area contributed by atoms with Crippen molar-refractivity contribution in [1.82, 2.24) is 0 Å². The fraction of sp³-hybridized carbons (Fsp3) is 0.310. The molecule has 4 aliphatic rings. The summed E-state index contributed by atoms with van der Waals surface area (Å²) in [5.41, 5.74) is 37.4. The van der Waals surface area contributed by atoms with Gasteiger partial charge in [0.05, 0.1) is 25.7 Å². The maximum atomic E-state index is 9.75. The van der Waals surface area contributed by atoms with Gasteiger partial charge < -0.3 is 58.3 Å². The van der Waals surface area contributed by atoms with Gasteiger partial charge in [0.15, 0.2) is 0 Å². The molecule has 46 heavy (non-hydrogen) atoms. The van der Waals surface area contributed by atoms with Crippen molar-refractivity contribution >= 4 is 30.1 Å². The average molecular weight is 639 g/mol. The maximum Gasteiger partial charge on any atom is 0.673 e. The van der Waals surface area contributed by atoms with Gasteiger partial charge in [-0.1, -0.05) is 0 Å². The Morgan fingerprint density at radius 3 is 0.848 bits per heavy atom. The van der Waals surface area contributed by atoms with E-state index in [1.165, 1.54) is 0 Å². The van der Waals surface area contributed by atoms with Crippen LogP contribution in [0.5, 0.6) is 0 Å². The summed E-state index contributed by atoms with van der Waals surface area (Å²) in [7, 11) is -6.00. The van der Waals surface area contributed by atoms with Gasteiger partial charge in [-0.15, -0.1) is 0 Å². The van der Waals surface area contributed by atoms with E-state index in [9.17, 15) is 17.3 Å². The van der Waals surface area contributed by atoms with E-state index in [2.05, 4.69) is 19.2 Å². The second-order valence-corrected chi connectivity index (χ2v) is 10.1. The lowest BCUT2D eigenvalue weighted by molar-refractivity contribution is -0.0606. The third-order valence-electron chi connectivity index (χ3n) is 6.50. The number of allylic oxidation sites excluding steroid dienone is 12. The Balaban J connectivity index is 0.00000107. The molecular formula is C29H28BF4N8O4-. The van der Waals surface area contributed by atoms with Crippen LogP contribution in [-0.2, 0) is 18.9 Å². The van der Waals surface area contributed by atoms with Crippen molar-refractivity contribution in [2.24, 2.45) is 5.41 Å². The standard InChI is InChI=1S/C29H28N8O4.BF4/c30-34-21-1-9-25(10-2-21)38-17-29(18-39-26-11-3-22(35-31)4-12-26,19-40-27-13-5-23(36-32)6-14-27)20-41-28-15-7-24(37-33)8-16-28;2-1(3,4)5/h1,3,5,7,9-16H,2,4,6,8,17-20H2;/q;-1. The molecule has 4 rings (SSSR count). The van der Waals surface area contributed by atoms with E-state index in [1.807, 2.05) is 24.3 Å². The zero-order valence-electron chi connectivity index (χ0n) is 24.4. The number of nitrogens with zero attached hydrogens (tertiary/aromatic N) is 8. The van der Waals surface area contributed by atoms with Crippen LogP contribution in [0.15, 0.2) is 95.9 Å². The molecule has 17 heteroatoms. The molecule has 12 nitrogen and oxygen atoms in total. The summed E-state index contributed by atoms with van der Waals surface area (Å²) in [6, 6.07) is 0. The highest BCUT2D eigenvalue weighted by Gasteiger charge is 2.37. The molecule has 0 aromatic heterocycles. The van der Waals surface area contributed by atoms with Gasteiger partial charge in [-0.25, -0.2) is 0 Å². The van der Waals surface area contributed by atoms with Crippen LogP contribution in [0.3, 0.4) is 0 Å². The van der Waals surface area contributed by atoms with Crippen molar-refractivity contribution < 1.29 is 55.4 Å². The Hall–Kier alpha value is -5.58. The van der Waals surface area contributed by atoms with Crippen LogP contribution in [0.25, 0.3) is 22.1 Å². The van der Waals surface area contributed by atoms with Gasteiger partial charge in [0.25, 0.3) is 22.8 Å². The van der Waals surface area contributed by atoms with Gasteiger partial charge in [-0.2, -0.15) is 19.2 Å². The second kappa shape index (κ2) is 17.1. The normalized spacial score (nSPS) is 18.2. The van der Waals surface area contributed by atoms with Crippen LogP contribution < -0.4 is 0 Å². The Labute approximate surface area is 261 Å². The molecule has 0 aromatic carbocycles. The first-order valence-corrected chi connectivity index (χ1v) is 13.8. The Morgan fingerprint density at radius 1 is 0.478 bits per heavy atom. The smallest absolute Gasteiger partial charge is 0.493 e. The summed E-state index contributed by atoms with van der Waals surface area (Å²) in [6.07, 6.45) is 22.5. The molecule has 0 heterocycles. The minimum absolute atomic E-state index is 0.149. The fourth-order valence-corrected chi connectivity index (χ4v) is 4.00. The maximum absolute atomic E-state index is 9.75. The van der Waals surface area contributed by atoms with E-state index in [4.69, 9.17) is 41.1 Å². The molecule has 0 saturated carbocycles. The first-order valence-electron chi connectivity index (χ1n) is 13.8. The summed E-state index contributed by atoms with van der Waals surface area (Å²) < 4.78 is 63.8. The number of rotatable bonds is 12.